The van der Waals surface area contributed by atoms with E-state index in [0.717, 1.165) is 24.0 Å². The van der Waals surface area contributed by atoms with Crippen molar-refractivity contribution in [3.63, 3.8) is 0 Å². The molecule has 1 unspecified atom stereocenters. The lowest BCUT2D eigenvalue weighted by Gasteiger charge is -2.14. The van der Waals surface area contributed by atoms with E-state index in [1.807, 2.05) is 18.4 Å². The molecule has 0 radical (unpaired) electrons. The minimum atomic E-state index is -0.137. The molecule has 152 valence electrons. The molecule has 7 heteroatoms. The van der Waals surface area contributed by atoms with Crippen LogP contribution in [0.3, 0.4) is 0 Å². The number of aromatic nitrogens is 1. The van der Waals surface area contributed by atoms with Gasteiger partial charge < -0.3 is 10.6 Å². The van der Waals surface area contributed by atoms with Crippen LogP contribution in [0.1, 0.15) is 37.4 Å². The van der Waals surface area contributed by atoms with Crippen molar-refractivity contribution < 1.29 is 4.79 Å². The van der Waals surface area contributed by atoms with Gasteiger partial charge in [-0.1, -0.05) is 60.8 Å². The number of nitrogens with one attached hydrogen (secondary N) is 2. The Labute approximate surface area is 185 Å². The van der Waals surface area contributed by atoms with E-state index in [1.165, 1.54) is 16.9 Å². The number of amides is 1. The van der Waals surface area contributed by atoms with E-state index < -0.39 is 0 Å². The fourth-order valence-corrected chi connectivity index (χ4v) is 4.17. The summed E-state index contributed by atoms with van der Waals surface area (Å²) in [6.07, 6.45) is 2.22. The molecule has 1 aromatic heterocycles. The van der Waals surface area contributed by atoms with Crippen molar-refractivity contribution in [2.75, 3.05) is 11.9 Å². The Morgan fingerprint density at radius 2 is 1.93 bits per heavy atom. The second-order valence-corrected chi connectivity index (χ2v) is 8.51. The Morgan fingerprint density at radius 3 is 2.62 bits per heavy atom. The maximum Gasteiger partial charge on any atom is 0.240 e. The normalized spacial score (nSPS) is 12.0. The van der Waals surface area contributed by atoms with Gasteiger partial charge in [0, 0.05) is 22.0 Å². The lowest BCUT2D eigenvalue weighted by molar-refractivity contribution is -0.115. The van der Waals surface area contributed by atoms with Crippen molar-refractivity contribution in [2.45, 2.75) is 32.7 Å². The Morgan fingerprint density at radius 1 is 1.17 bits per heavy atom. The largest absolute Gasteiger partial charge is 0.302 e. The van der Waals surface area contributed by atoms with Crippen molar-refractivity contribution >= 4 is 45.6 Å². The van der Waals surface area contributed by atoms with Crippen LogP contribution in [0.2, 0.25) is 10.0 Å². The van der Waals surface area contributed by atoms with E-state index in [4.69, 9.17) is 23.2 Å². The minimum Gasteiger partial charge on any atom is -0.302 e. The summed E-state index contributed by atoms with van der Waals surface area (Å²) in [5, 5.41) is 9.58. The van der Waals surface area contributed by atoms with Crippen molar-refractivity contribution in [2.24, 2.45) is 0 Å². The van der Waals surface area contributed by atoms with Crippen LogP contribution >= 0.6 is 34.5 Å². The summed E-state index contributed by atoms with van der Waals surface area (Å²) >= 11 is 13.5. The molecule has 29 heavy (non-hydrogen) atoms. The number of carbonyl (C=O) groups is 1. The van der Waals surface area contributed by atoms with E-state index in [0.29, 0.717) is 20.9 Å². The lowest BCUT2D eigenvalue weighted by atomic mass is 10.0. The van der Waals surface area contributed by atoms with Gasteiger partial charge >= 0.3 is 0 Å². The van der Waals surface area contributed by atoms with Gasteiger partial charge in [0.2, 0.25) is 5.91 Å². The van der Waals surface area contributed by atoms with Gasteiger partial charge in [0.1, 0.15) is 0 Å². The summed E-state index contributed by atoms with van der Waals surface area (Å²) in [6.45, 7) is 4.42. The van der Waals surface area contributed by atoms with E-state index in [2.05, 4.69) is 46.8 Å². The quantitative estimate of drug-likeness (QED) is 0.422. The molecule has 0 saturated carbocycles. The number of thiazole rings is 1. The van der Waals surface area contributed by atoms with Crippen LogP contribution in [0.25, 0.3) is 11.3 Å². The van der Waals surface area contributed by atoms with Gasteiger partial charge in [0.05, 0.1) is 17.3 Å². The average Bonchev–Trinajstić information content (AvgIpc) is 3.15. The summed E-state index contributed by atoms with van der Waals surface area (Å²) in [5.41, 5.74) is 3.99. The highest BCUT2D eigenvalue weighted by molar-refractivity contribution is 7.14. The smallest absolute Gasteiger partial charge is 0.240 e. The van der Waals surface area contributed by atoms with Gasteiger partial charge in [-0.2, -0.15) is 0 Å². The predicted molar refractivity (Wildman–Crippen MR) is 123 cm³/mol. The van der Waals surface area contributed by atoms with Crippen LogP contribution in [0.4, 0.5) is 5.13 Å². The topological polar surface area (TPSA) is 54.0 Å². The first-order valence-electron chi connectivity index (χ1n) is 9.49. The Kier molecular flexibility index (Phi) is 7.67. The molecule has 0 aliphatic heterocycles. The predicted octanol–water partition coefficient (Wildman–Crippen LogP) is 6.36. The molecule has 3 aromatic rings. The molecule has 1 heterocycles. The number of halogens is 2. The minimum absolute atomic E-state index is 0.0798. The summed E-state index contributed by atoms with van der Waals surface area (Å²) in [7, 11) is 0. The fraction of sp³-hybridized carbons (Fsp3) is 0.273. The second-order valence-electron chi connectivity index (χ2n) is 6.80. The van der Waals surface area contributed by atoms with E-state index in [9.17, 15) is 4.79 Å². The maximum atomic E-state index is 12.3. The number of benzene rings is 2. The highest BCUT2D eigenvalue weighted by Crippen LogP contribution is 2.32. The highest BCUT2D eigenvalue weighted by Gasteiger charge is 2.12. The maximum absolute atomic E-state index is 12.3. The third kappa shape index (κ3) is 6.03. The lowest BCUT2D eigenvalue weighted by Crippen LogP contribution is -2.30. The zero-order chi connectivity index (χ0) is 20.8. The molecule has 0 fully saturated rings. The van der Waals surface area contributed by atoms with Gasteiger partial charge in [-0.3, -0.25) is 4.79 Å². The van der Waals surface area contributed by atoms with Crippen LogP contribution in [-0.4, -0.2) is 17.4 Å². The van der Waals surface area contributed by atoms with Crippen LogP contribution in [0.15, 0.2) is 47.8 Å². The number of aryl methyl sites for hydroxylation is 1. The third-order valence-electron chi connectivity index (χ3n) is 4.54. The highest BCUT2D eigenvalue weighted by atomic mass is 35.5. The summed E-state index contributed by atoms with van der Waals surface area (Å²) in [4.78, 5) is 16.7. The molecule has 1 atom stereocenters. The number of nitrogens with zero attached hydrogens (tertiary/aromatic N) is 1. The molecule has 0 saturated heterocycles. The Balaban J connectivity index is 1.53. The standard InChI is InChI=1S/C22H23Cl2N3OS/c1-3-4-15-5-7-16(8-6-15)14(2)25-12-21(28)27-22-26-20(13-29-22)18-10-9-17(23)11-19(18)24/h5-11,13-14,25H,3-4,12H2,1-2H3,(H,26,27,28). The number of rotatable bonds is 8. The molecule has 0 aliphatic carbocycles. The average molecular weight is 448 g/mol. The van der Waals surface area contributed by atoms with Crippen molar-refractivity contribution in [3.8, 4) is 11.3 Å². The van der Waals surface area contributed by atoms with Crippen LogP contribution in [-0.2, 0) is 11.2 Å². The van der Waals surface area contributed by atoms with Gasteiger partial charge in [0.25, 0.3) is 0 Å². The molecule has 4 nitrogen and oxygen atoms in total. The van der Waals surface area contributed by atoms with Gasteiger partial charge in [-0.15, -0.1) is 11.3 Å². The fourth-order valence-electron chi connectivity index (χ4n) is 2.94. The first-order valence-corrected chi connectivity index (χ1v) is 11.1. The monoisotopic (exact) mass is 447 g/mol. The van der Waals surface area contributed by atoms with Crippen molar-refractivity contribution in [1.29, 1.82) is 0 Å². The Bertz CT molecular complexity index is 972. The molecular formula is C22H23Cl2N3OS. The summed E-state index contributed by atoms with van der Waals surface area (Å²) in [5.74, 6) is -0.137. The molecule has 0 bridgehead atoms. The zero-order valence-electron chi connectivity index (χ0n) is 16.3. The zero-order valence-corrected chi connectivity index (χ0v) is 18.7. The first kappa shape index (κ1) is 21.8. The van der Waals surface area contributed by atoms with Gasteiger partial charge in [-0.05, 0) is 42.7 Å². The van der Waals surface area contributed by atoms with Crippen LogP contribution in [0, 0.1) is 0 Å². The molecule has 0 spiro atoms. The number of carbonyl (C=O) groups excluding carboxylic acids is 1. The SMILES string of the molecule is CCCc1ccc(C(C)NCC(=O)Nc2nc(-c3ccc(Cl)cc3Cl)cs2)cc1. The first-order chi connectivity index (χ1) is 14.0. The second kappa shape index (κ2) is 10.2. The number of hydrogen-bond acceptors (Lipinski definition) is 4. The molecule has 2 aromatic carbocycles. The van der Waals surface area contributed by atoms with Crippen LogP contribution < -0.4 is 10.6 Å². The van der Waals surface area contributed by atoms with Crippen molar-refractivity contribution in [3.05, 3.63) is 69.0 Å². The summed E-state index contributed by atoms with van der Waals surface area (Å²) in [6, 6.07) is 13.9. The van der Waals surface area contributed by atoms with E-state index in [-0.39, 0.29) is 18.5 Å². The Hall–Kier alpha value is -1.92. The summed E-state index contributed by atoms with van der Waals surface area (Å²) < 4.78 is 0. The van der Waals surface area contributed by atoms with E-state index in [1.54, 1.807) is 12.1 Å². The molecule has 1 amide bonds. The van der Waals surface area contributed by atoms with Crippen LogP contribution in [0.5, 0.6) is 0 Å². The molecular weight excluding hydrogens is 425 g/mol. The van der Waals surface area contributed by atoms with E-state index >= 15 is 0 Å². The third-order valence-corrected chi connectivity index (χ3v) is 5.85. The molecule has 2 N–H and O–H groups in total. The van der Waals surface area contributed by atoms with Crippen molar-refractivity contribution in [1.82, 2.24) is 10.3 Å². The van der Waals surface area contributed by atoms with Gasteiger partial charge in [0.15, 0.2) is 5.13 Å². The number of hydrogen-bond donors (Lipinski definition) is 2. The number of anilines is 1. The van der Waals surface area contributed by atoms with Gasteiger partial charge in [-0.25, -0.2) is 4.98 Å². The molecule has 0 aliphatic rings. The molecule has 3 rings (SSSR count).